The highest BCUT2D eigenvalue weighted by molar-refractivity contribution is 7.78. The van der Waals surface area contributed by atoms with E-state index in [-0.39, 0.29) is 23.4 Å². The summed E-state index contributed by atoms with van der Waals surface area (Å²) in [6, 6.07) is 16.1. The molecular weight excluding hydrogens is 541 g/mol. The first kappa shape index (κ1) is 29.8. The lowest BCUT2D eigenvalue weighted by Crippen LogP contribution is -2.17. The van der Waals surface area contributed by atoms with Gasteiger partial charge in [-0.15, -0.1) is 0 Å². The molecule has 0 aliphatic rings. The quantitative estimate of drug-likeness (QED) is 0.0718. The Morgan fingerprint density at radius 1 is 0.950 bits per heavy atom. The normalized spacial score (nSPS) is 10.4. The van der Waals surface area contributed by atoms with Crippen LogP contribution < -0.4 is 10.1 Å². The Balaban J connectivity index is 1.63. The topological polar surface area (TPSA) is 77.0 Å². The minimum Gasteiger partial charge on any atom is -0.494 e. The highest BCUT2D eigenvalue weighted by atomic mass is 32.1. The monoisotopic (exact) mass is 564 g/mol. The summed E-state index contributed by atoms with van der Waals surface area (Å²) in [6.07, 6.45) is -2.40. The van der Waals surface area contributed by atoms with Gasteiger partial charge in [0.2, 0.25) is 0 Å². The first-order valence-corrected chi connectivity index (χ1v) is 12.3. The van der Waals surface area contributed by atoms with Gasteiger partial charge in [0.1, 0.15) is 5.75 Å². The predicted molar refractivity (Wildman–Crippen MR) is 149 cm³/mol. The molecule has 0 heterocycles. The molecule has 0 aliphatic heterocycles. The van der Waals surface area contributed by atoms with Gasteiger partial charge in [-0.1, -0.05) is 18.4 Å². The fourth-order valence-corrected chi connectivity index (χ4v) is 3.41. The number of unbranched alkanes of at least 4 members (excludes halogenated alkanes) is 1. The number of aliphatic imine (C=N–C) groups is 1. The third-order valence-electron chi connectivity index (χ3n) is 5.30. The molecule has 0 spiro atoms. The van der Waals surface area contributed by atoms with E-state index in [0.29, 0.717) is 36.4 Å². The van der Waals surface area contributed by atoms with Gasteiger partial charge in [-0.3, -0.25) is 4.79 Å². The predicted octanol–water partition coefficient (Wildman–Crippen LogP) is 6.98. The standard InChI is InChI=1S/C30H23F3N2O4S/c1-2-28(36)39-18-4-3-17-38-25-14-10-23(11-15-25)29(37)35-27-16-9-22(19-26(27)30(31,32)33)6-5-21-7-12-24(13-8-21)34-20-40/h2,7-16,19H,1,3-4,17-18H2,(H,35,37). The molecule has 10 heteroatoms. The summed E-state index contributed by atoms with van der Waals surface area (Å²) in [5.74, 6) is 4.80. The number of benzene rings is 3. The second kappa shape index (κ2) is 14.4. The number of hydrogen-bond donors (Lipinski definition) is 1. The van der Waals surface area contributed by atoms with Crippen LogP contribution in [0, 0.1) is 11.8 Å². The molecule has 40 heavy (non-hydrogen) atoms. The number of thiocarbonyl (C=S) groups is 1. The molecule has 3 aromatic rings. The van der Waals surface area contributed by atoms with Crippen LogP contribution in [-0.2, 0) is 15.7 Å². The largest absolute Gasteiger partial charge is 0.494 e. The molecule has 0 fully saturated rings. The first-order chi connectivity index (χ1) is 19.2. The van der Waals surface area contributed by atoms with E-state index in [0.717, 1.165) is 12.1 Å². The number of ether oxygens (including phenoxy) is 2. The molecule has 0 atom stereocenters. The summed E-state index contributed by atoms with van der Waals surface area (Å²) >= 11 is 4.55. The third-order valence-corrected chi connectivity index (χ3v) is 5.39. The second-order valence-corrected chi connectivity index (χ2v) is 8.35. The zero-order valence-electron chi connectivity index (χ0n) is 21.1. The van der Waals surface area contributed by atoms with Gasteiger partial charge in [-0.25, -0.2) is 4.79 Å². The molecule has 0 aromatic heterocycles. The van der Waals surface area contributed by atoms with Crippen LogP contribution in [0.3, 0.4) is 0 Å². The van der Waals surface area contributed by atoms with E-state index in [2.05, 4.69) is 46.1 Å². The van der Waals surface area contributed by atoms with Gasteiger partial charge in [0, 0.05) is 22.8 Å². The fraction of sp³-hybridized carbons (Fsp3) is 0.167. The molecule has 3 rings (SSSR count). The minimum absolute atomic E-state index is 0.131. The van der Waals surface area contributed by atoms with E-state index in [4.69, 9.17) is 9.47 Å². The number of esters is 1. The van der Waals surface area contributed by atoms with Crippen molar-refractivity contribution in [2.75, 3.05) is 18.5 Å². The van der Waals surface area contributed by atoms with Crippen molar-refractivity contribution in [1.82, 2.24) is 0 Å². The SMILES string of the molecule is C=CC(=O)OCCCCOc1ccc(C(=O)Nc2ccc(C#Cc3ccc(N=C=S)cc3)cc2C(F)(F)F)cc1. The van der Waals surface area contributed by atoms with Gasteiger partial charge in [0.05, 0.1) is 35.3 Å². The Hall–Kier alpha value is -4.71. The summed E-state index contributed by atoms with van der Waals surface area (Å²) in [7, 11) is 0. The van der Waals surface area contributed by atoms with Crippen LogP contribution in [0.5, 0.6) is 5.75 Å². The number of carbonyl (C=O) groups excluding carboxylic acids is 2. The van der Waals surface area contributed by atoms with Crippen LogP contribution in [0.25, 0.3) is 0 Å². The maximum atomic E-state index is 13.8. The Labute approximate surface area is 234 Å². The average molecular weight is 565 g/mol. The molecule has 3 aromatic carbocycles. The summed E-state index contributed by atoms with van der Waals surface area (Å²) < 4.78 is 51.8. The van der Waals surface area contributed by atoms with E-state index in [9.17, 15) is 22.8 Å². The van der Waals surface area contributed by atoms with Gasteiger partial charge < -0.3 is 14.8 Å². The highest BCUT2D eigenvalue weighted by Crippen LogP contribution is 2.35. The van der Waals surface area contributed by atoms with E-state index in [1.807, 2.05) is 0 Å². The number of carbonyl (C=O) groups is 2. The van der Waals surface area contributed by atoms with Crippen molar-refractivity contribution in [2.24, 2.45) is 4.99 Å². The Kier molecular flexibility index (Phi) is 10.8. The molecule has 0 aliphatic carbocycles. The molecule has 0 saturated carbocycles. The van der Waals surface area contributed by atoms with Crippen molar-refractivity contribution in [3.8, 4) is 17.6 Å². The Morgan fingerprint density at radius 3 is 2.25 bits per heavy atom. The van der Waals surface area contributed by atoms with Crippen molar-refractivity contribution in [3.05, 3.63) is 102 Å². The van der Waals surface area contributed by atoms with Crippen LogP contribution in [-0.4, -0.2) is 30.3 Å². The first-order valence-electron chi connectivity index (χ1n) is 11.9. The van der Waals surface area contributed by atoms with Gasteiger partial charge in [0.15, 0.2) is 0 Å². The van der Waals surface area contributed by atoms with Crippen molar-refractivity contribution >= 4 is 40.6 Å². The number of hydrogen-bond acceptors (Lipinski definition) is 6. The number of amides is 1. The van der Waals surface area contributed by atoms with Crippen LogP contribution in [0.2, 0.25) is 0 Å². The molecule has 1 amide bonds. The molecule has 1 N–H and O–H groups in total. The maximum Gasteiger partial charge on any atom is 0.418 e. The number of rotatable bonds is 10. The second-order valence-electron chi connectivity index (χ2n) is 8.16. The number of isothiocyanates is 1. The van der Waals surface area contributed by atoms with Crippen LogP contribution in [0.1, 0.15) is 39.9 Å². The van der Waals surface area contributed by atoms with Gasteiger partial charge >= 0.3 is 12.1 Å². The van der Waals surface area contributed by atoms with Crippen molar-refractivity contribution in [3.63, 3.8) is 0 Å². The van der Waals surface area contributed by atoms with E-state index in [1.165, 1.54) is 24.3 Å². The minimum atomic E-state index is -4.72. The van der Waals surface area contributed by atoms with E-state index in [1.54, 1.807) is 36.4 Å². The molecule has 204 valence electrons. The van der Waals surface area contributed by atoms with Crippen LogP contribution in [0.15, 0.2) is 84.4 Å². The molecule has 0 radical (unpaired) electrons. The molecule has 0 saturated heterocycles. The summed E-state index contributed by atoms with van der Waals surface area (Å²) in [5.41, 5.74) is 0.0484. The van der Waals surface area contributed by atoms with Crippen molar-refractivity contribution < 1.29 is 32.2 Å². The average Bonchev–Trinajstić information content (AvgIpc) is 2.94. The number of nitrogens with zero attached hydrogens (tertiary/aromatic N) is 1. The molecular formula is C30H23F3N2O4S. The fourth-order valence-electron chi connectivity index (χ4n) is 3.30. The van der Waals surface area contributed by atoms with Gasteiger partial charge in [0.25, 0.3) is 5.91 Å². The van der Waals surface area contributed by atoms with Gasteiger partial charge in [-0.05, 0) is 91.8 Å². The van der Waals surface area contributed by atoms with Crippen molar-refractivity contribution in [2.45, 2.75) is 19.0 Å². The number of alkyl halides is 3. The zero-order chi connectivity index (χ0) is 29.0. The third kappa shape index (κ3) is 9.24. The van der Waals surface area contributed by atoms with E-state index >= 15 is 0 Å². The highest BCUT2D eigenvalue weighted by Gasteiger charge is 2.34. The van der Waals surface area contributed by atoms with Gasteiger partial charge in [-0.2, -0.15) is 18.2 Å². The Bertz CT molecular complexity index is 1470. The number of anilines is 1. The molecule has 0 unspecified atom stereocenters. The zero-order valence-corrected chi connectivity index (χ0v) is 21.9. The maximum absolute atomic E-state index is 13.8. The molecule has 6 nitrogen and oxygen atoms in total. The summed E-state index contributed by atoms with van der Waals surface area (Å²) in [4.78, 5) is 27.5. The Morgan fingerprint density at radius 2 is 1.60 bits per heavy atom. The molecule has 0 bridgehead atoms. The summed E-state index contributed by atoms with van der Waals surface area (Å²) in [5, 5.41) is 4.58. The van der Waals surface area contributed by atoms with E-state index < -0.39 is 23.6 Å². The smallest absolute Gasteiger partial charge is 0.418 e. The number of nitrogens with one attached hydrogen (secondary N) is 1. The summed E-state index contributed by atoms with van der Waals surface area (Å²) in [6.45, 7) is 3.92. The van der Waals surface area contributed by atoms with Crippen molar-refractivity contribution in [1.29, 1.82) is 0 Å². The number of halogens is 3. The van der Waals surface area contributed by atoms with Crippen LogP contribution >= 0.6 is 12.2 Å². The lowest BCUT2D eigenvalue weighted by Gasteiger charge is -2.14. The van der Waals surface area contributed by atoms with Crippen LogP contribution in [0.4, 0.5) is 24.5 Å². The lowest BCUT2D eigenvalue weighted by atomic mass is 10.1. The lowest BCUT2D eigenvalue weighted by molar-refractivity contribution is -0.138.